The van der Waals surface area contributed by atoms with E-state index in [-0.39, 0.29) is 22.3 Å². The summed E-state index contributed by atoms with van der Waals surface area (Å²) in [5.74, 6) is -1.12. The largest absolute Gasteiger partial charge is 0.450 e. The number of fused-ring (bicyclic) bond motifs is 2. The molecule has 0 unspecified atom stereocenters. The number of hydrogen-bond donors (Lipinski definition) is 0. The number of benzene rings is 2. The van der Waals surface area contributed by atoms with Crippen LogP contribution in [0.3, 0.4) is 0 Å². The van der Waals surface area contributed by atoms with Gasteiger partial charge in [-0.2, -0.15) is 0 Å². The molecule has 156 valence electrons. The zero-order valence-electron chi connectivity index (χ0n) is 16.3. The molecule has 1 aliphatic rings. The van der Waals surface area contributed by atoms with Crippen LogP contribution < -0.4 is 10.3 Å². The number of halogens is 2. The average Bonchev–Trinajstić information content (AvgIpc) is 3.32. The van der Waals surface area contributed by atoms with E-state index in [1.165, 1.54) is 28.4 Å². The Hall–Kier alpha value is -3.10. The van der Waals surface area contributed by atoms with Crippen LogP contribution in [0.2, 0.25) is 5.02 Å². The van der Waals surface area contributed by atoms with Gasteiger partial charge in [0, 0.05) is 11.4 Å². The van der Waals surface area contributed by atoms with Crippen LogP contribution in [-0.2, 0) is 6.42 Å². The van der Waals surface area contributed by atoms with Gasteiger partial charge in [0.05, 0.1) is 17.0 Å². The quantitative estimate of drug-likeness (QED) is 0.426. The second-order valence-corrected chi connectivity index (χ2v) is 8.65. The van der Waals surface area contributed by atoms with Crippen molar-refractivity contribution in [1.29, 1.82) is 0 Å². The number of carbonyl (C=O) groups is 1. The maximum Gasteiger partial charge on any atom is 0.297 e. The zero-order valence-corrected chi connectivity index (χ0v) is 17.8. The SMILES string of the molecule is CCCc1nnc(N2C(=O)c3oc4ccc(F)cc4c(=O)c3[C@@H]2c2ccc(Cl)cc2)s1. The van der Waals surface area contributed by atoms with Crippen molar-refractivity contribution in [2.45, 2.75) is 25.8 Å². The summed E-state index contributed by atoms with van der Waals surface area (Å²) in [5.41, 5.74) is 0.508. The molecule has 0 spiro atoms. The third-order valence-electron chi connectivity index (χ3n) is 5.14. The zero-order chi connectivity index (χ0) is 21.7. The third kappa shape index (κ3) is 3.23. The Morgan fingerprint density at radius 1 is 1.16 bits per heavy atom. The fraction of sp³-hybridized carbons (Fsp3) is 0.182. The first-order chi connectivity index (χ1) is 15.0. The summed E-state index contributed by atoms with van der Waals surface area (Å²) in [7, 11) is 0. The molecule has 3 heterocycles. The second kappa shape index (κ2) is 7.55. The molecule has 0 saturated carbocycles. The van der Waals surface area contributed by atoms with Crippen LogP contribution in [0.1, 0.15) is 46.1 Å². The molecular formula is C22H15ClFN3O3S. The van der Waals surface area contributed by atoms with Gasteiger partial charge in [0.25, 0.3) is 5.91 Å². The number of hydrogen-bond acceptors (Lipinski definition) is 6. The number of aryl methyl sites for hydroxylation is 1. The Labute approximate surface area is 184 Å². The van der Waals surface area contributed by atoms with Gasteiger partial charge in [0.15, 0.2) is 5.43 Å². The summed E-state index contributed by atoms with van der Waals surface area (Å²) in [6.45, 7) is 2.03. The molecule has 0 aliphatic carbocycles. The summed E-state index contributed by atoms with van der Waals surface area (Å²) in [4.78, 5) is 28.2. The van der Waals surface area contributed by atoms with Crippen LogP contribution in [-0.4, -0.2) is 16.1 Å². The summed E-state index contributed by atoms with van der Waals surface area (Å²) in [6, 6.07) is 9.73. The Bertz CT molecular complexity index is 1380. The number of rotatable bonds is 4. The van der Waals surface area contributed by atoms with Crippen molar-refractivity contribution >= 4 is 44.9 Å². The fourth-order valence-corrected chi connectivity index (χ4v) is 4.85. The number of nitrogens with zero attached hydrogens (tertiary/aromatic N) is 3. The summed E-state index contributed by atoms with van der Waals surface area (Å²) < 4.78 is 19.6. The van der Waals surface area contributed by atoms with Crippen molar-refractivity contribution in [2.24, 2.45) is 0 Å². The van der Waals surface area contributed by atoms with E-state index >= 15 is 0 Å². The summed E-state index contributed by atoms with van der Waals surface area (Å²) in [5, 5.41) is 10.1. The molecule has 0 N–H and O–H groups in total. The number of aromatic nitrogens is 2. The second-order valence-electron chi connectivity index (χ2n) is 7.17. The van der Waals surface area contributed by atoms with Gasteiger partial charge in [-0.25, -0.2) is 4.39 Å². The molecule has 9 heteroatoms. The lowest BCUT2D eigenvalue weighted by Gasteiger charge is -2.22. The molecule has 0 fully saturated rings. The van der Waals surface area contributed by atoms with E-state index in [2.05, 4.69) is 10.2 Å². The molecule has 4 aromatic rings. The Balaban J connectivity index is 1.77. The van der Waals surface area contributed by atoms with Crippen LogP contribution in [0.25, 0.3) is 11.0 Å². The van der Waals surface area contributed by atoms with E-state index in [1.807, 2.05) is 6.92 Å². The average molecular weight is 456 g/mol. The highest BCUT2D eigenvalue weighted by Crippen LogP contribution is 2.42. The molecular weight excluding hydrogens is 441 g/mol. The maximum absolute atomic E-state index is 13.8. The van der Waals surface area contributed by atoms with E-state index in [1.54, 1.807) is 24.3 Å². The fourth-order valence-electron chi connectivity index (χ4n) is 3.76. The van der Waals surface area contributed by atoms with Gasteiger partial charge in [-0.1, -0.05) is 42.0 Å². The van der Waals surface area contributed by atoms with Crippen LogP contribution >= 0.6 is 22.9 Å². The van der Waals surface area contributed by atoms with Crippen LogP contribution in [0, 0.1) is 5.82 Å². The first-order valence-corrected chi connectivity index (χ1v) is 10.8. The van der Waals surface area contributed by atoms with Gasteiger partial charge in [-0.3, -0.25) is 14.5 Å². The van der Waals surface area contributed by atoms with Gasteiger partial charge in [0.1, 0.15) is 16.4 Å². The molecule has 2 aromatic heterocycles. The minimum atomic E-state index is -0.786. The minimum absolute atomic E-state index is 0.0729. The van der Waals surface area contributed by atoms with Crippen molar-refractivity contribution < 1.29 is 13.6 Å². The molecule has 31 heavy (non-hydrogen) atoms. The van der Waals surface area contributed by atoms with Crippen molar-refractivity contribution in [3.8, 4) is 0 Å². The van der Waals surface area contributed by atoms with Gasteiger partial charge in [-0.15, -0.1) is 10.2 Å². The molecule has 0 radical (unpaired) electrons. The van der Waals surface area contributed by atoms with Crippen LogP contribution in [0.4, 0.5) is 9.52 Å². The standard InChI is InChI=1S/C22H15ClFN3O3S/c1-2-3-16-25-26-22(31-16)27-18(11-4-6-12(23)7-5-11)17-19(28)14-10-13(24)8-9-15(14)30-20(17)21(27)29/h4-10,18H,2-3H2,1H3/t18-/m0/s1. The monoisotopic (exact) mass is 455 g/mol. The molecule has 0 bridgehead atoms. The Kier molecular flexibility index (Phi) is 4.83. The highest BCUT2D eigenvalue weighted by atomic mass is 35.5. The van der Waals surface area contributed by atoms with Crippen molar-refractivity contribution in [2.75, 3.05) is 4.90 Å². The summed E-state index contributed by atoms with van der Waals surface area (Å²) >= 11 is 7.34. The van der Waals surface area contributed by atoms with E-state index in [0.29, 0.717) is 15.7 Å². The highest BCUT2D eigenvalue weighted by Gasteiger charge is 2.45. The van der Waals surface area contributed by atoms with Gasteiger partial charge in [0.2, 0.25) is 10.9 Å². The molecule has 1 aliphatic heterocycles. The normalized spacial score (nSPS) is 15.6. The minimum Gasteiger partial charge on any atom is -0.450 e. The maximum atomic E-state index is 13.8. The van der Waals surface area contributed by atoms with Crippen LogP contribution in [0.15, 0.2) is 51.7 Å². The van der Waals surface area contributed by atoms with E-state index < -0.39 is 23.2 Å². The molecule has 2 aromatic carbocycles. The highest BCUT2D eigenvalue weighted by molar-refractivity contribution is 7.15. The topological polar surface area (TPSA) is 76.3 Å². The predicted octanol–water partition coefficient (Wildman–Crippen LogP) is 5.14. The molecule has 6 nitrogen and oxygen atoms in total. The van der Waals surface area contributed by atoms with Crippen molar-refractivity contribution in [3.63, 3.8) is 0 Å². The molecule has 1 amide bonds. The Morgan fingerprint density at radius 2 is 1.94 bits per heavy atom. The molecule has 5 rings (SSSR count). The lowest BCUT2D eigenvalue weighted by atomic mass is 9.99. The molecule has 1 atom stereocenters. The Morgan fingerprint density at radius 3 is 2.68 bits per heavy atom. The molecule has 0 saturated heterocycles. The first kappa shape index (κ1) is 19.8. The van der Waals surface area contributed by atoms with Gasteiger partial charge < -0.3 is 4.42 Å². The first-order valence-electron chi connectivity index (χ1n) is 9.65. The number of amides is 1. The van der Waals surface area contributed by atoms with Gasteiger partial charge >= 0.3 is 0 Å². The van der Waals surface area contributed by atoms with E-state index in [9.17, 15) is 14.0 Å². The number of anilines is 1. The lowest BCUT2D eigenvalue weighted by molar-refractivity contribution is 0.0970. The van der Waals surface area contributed by atoms with Crippen molar-refractivity contribution in [3.05, 3.63) is 85.4 Å². The predicted molar refractivity (Wildman–Crippen MR) is 116 cm³/mol. The van der Waals surface area contributed by atoms with Crippen molar-refractivity contribution in [1.82, 2.24) is 10.2 Å². The van der Waals surface area contributed by atoms with Gasteiger partial charge in [-0.05, 0) is 42.3 Å². The van der Waals surface area contributed by atoms with E-state index in [0.717, 1.165) is 23.9 Å². The third-order valence-corrected chi connectivity index (χ3v) is 6.38. The van der Waals surface area contributed by atoms with E-state index in [4.69, 9.17) is 16.0 Å². The summed E-state index contributed by atoms with van der Waals surface area (Å²) in [6.07, 6.45) is 1.62. The smallest absolute Gasteiger partial charge is 0.297 e. The number of carbonyl (C=O) groups excluding carboxylic acids is 1. The lowest BCUT2D eigenvalue weighted by Crippen LogP contribution is -2.29. The van der Waals surface area contributed by atoms with Crippen LogP contribution in [0.5, 0.6) is 0 Å².